The molecule has 0 radical (unpaired) electrons. The van der Waals surface area contributed by atoms with Crippen molar-refractivity contribution in [1.29, 1.82) is 0 Å². The van der Waals surface area contributed by atoms with Gasteiger partial charge in [0.05, 0.1) is 5.69 Å². The molecule has 1 aromatic rings. The number of anilines is 1. The van der Waals surface area contributed by atoms with Crippen LogP contribution in [-0.2, 0) is 0 Å². The van der Waals surface area contributed by atoms with Crippen LogP contribution in [-0.4, -0.2) is 26.2 Å². The van der Waals surface area contributed by atoms with Crippen LogP contribution < -0.4 is 10.2 Å². The van der Waals surface area contributed by atoms with Crippen LogP contribution in [0.2, 0.25) is 0 Å². The predicted octanol–water partition coefficient (Wildman–Crippen LogP) is 1.47. The number of hydrogen-bond acceptors (Lipinski definition) is 3. The second kappa shape index (κ2) is 3.46. The molecule has 0 spiro atoms. The maximum atomic E-state index is 3.36. The van der Waals surface area contributed by atoms with Crippen molar-refractivity contribution >= 4 is 17.0 Å². The third-order valence-corrected chi connectivity index (χ3v) is 3.12. The summed E-state index contributed by atoms with van der Waals surface area (Å²) >= 11 is 1.84. The summed E-state index contributed by atoms with van der Waals surface area (Å²) in [5.41, 5.74) is 1.43. The number of hydrogen-bond donors (Lipinski definition) is 1. The average Bonchev–Trinajstić information content (AvgIpc) is 2.53. The standard InChI is InChI=1S/C9H14N2S/c1-8-9(2-7-12-8)11-5-3-10-4-6-11/h2,7,10H,3-6H2,1H3. The van der Waals surface area contributed by atoms with E-state index in [4.69, 9.17) is 0 Å². The highest BCUT2D eigenvalue weighted by molar-refractivity contribution is 7.10. The second-order valence-electron chi connectivity index (χ2n) is 3.10. The highest BCUT2D eigenvalue weighted by Gasteiger charge is 2.12. The molecule has 1 fully saturated rings. The Bertz CT molecular complexity index is 251. The Kier molecular flexibility index (Phi) is 2.33. The number of nitrogens with zero attached hydrogens (tertiary/aromatic N) is 1. The van der Waals surface area contributed by atoms with Crippen LogP contribution in [0.15, 0.2) is 11.4 Å². The maximum absolute atomic E-state index is 3.36. The monoisotopic (exact) mass is 182 g/mol. The first-order valence-corrected chi connectivity index (χ1v) is 5.25. The van der Waals surface area contributed by atoms with Gasteiger partial charge in [0.25, 0.3) is 0 Å². The smallest absolute Gasteiger partial charge is 0.0505 e. The molecule has 66 valence electrons. The summed E-state index contributed by atoms with van der Waals surface area (Å²) in [5.74, 6) is 0. The normalized spacial score (nSPS) is 18.2. The molecule has 1 N–H and O–H groups in total. The van der Waals surface area contributed by atoms with E-state index in [1.165, 1.54) is 10.6 Å². The number of rotatable bonds is 1. The number of nitrogens with one attached hydrogen (secondary N) is 1. The van der Waals surface area contributed by atoms with Gasteiger partial charge in [-0.05, 0) is 18.4 Å². The minimum absolute atomic E-state index is 1.12. The topological polar surface area (TPSA) is 15.3 Å². The highest BCUT2D eigenvalue weighted by Crippen LogP contribution is 2.24. The molecule has 0 bridgehead atoms. The molecule has 2 nitrogen and oxygen atoms in total. The van der Waals surface area contributed by atoms with Crippen LogP contribution in [0, 0.1) is 6.92 Å². The largest absolute Gasteiger partial charge is 0.368 e. The molecule has 1 aliphatic rings. The highest BCUT2D eigenvalue weighted by atomic mass is 32.1. The van der Waals surface area contributed by atoms with E-state index in [0.717, 1.165) is 26.2 Å². The lowest BCUT2D eigenvalue weighted by Crippen LogP contribution is -2.43. The molecular formula is C9H14N2S. The van der Waals surface area contributed by atoms with Gasteiger partial charge in [0.2, 0.25) is 0 Å². The van der Waals surface area contributed by atoms with Gasteiger partial charge in [0.1, 0.15) is 0 Å². The van der Waals surface area contributed by atoms with Crippen molar-refractivity contribution in [3.8, 4) is 0 Å². The van der Waals surface area contributed by atoms with Gasteiger partial charge in [0.15, 0.2) is 0 Å². The summed E-state index contributed by atoms with van der Waals surface area (Å²) in [6.07, 6.45) is 0. The van der Waals surface area contributed by atoms with Gasteiger partial charge in [0, 0.05) is 31.1 Å². The van der Waals surface area contributed by atoms with Crippen molar-refractivity contribution in [3.63, 3.8) is 0 Å². The predicted molar refractivity (Wildman–Crippen MR) is 54.1 cm³/mol. The van der Waals surface area contributed by atoms with Gasteiger partial charge < -0.3 is 10.2 Å². The molecule has 1 aliphatic heterocycles. The molecule has 0 amide bonds. The summed E-state index contributed by atoms with van der Waals surface area (Å²) in [5, 5.41) is 5.53. The SMILES string of the molecule is Cc1sccc1N1CCNCC1. The maximum Gasteiger partial charge on any atom is 0.0505 e. The Morgan fingerprint density at radius 2 is 2.17 bits per heavy atom. The van der Waals surface area contributed by atoms with Crippen LogP contribution in [0.25, 0.3) is 0 Å². The fourth-order valence-electron chi connectivity index (χ4n) is 1.61. The molecule has 0 saturated carbocycles. The first-order valence-electron chi connectivity index (χ1n) is 4.38. The Hall–Kier alpha value is -0.540. The molecule has 0 aliphatic carbocycles. The van der Waals surface area contributed by atoms with Gasteiger partial charge >= 0.3 is 0 Å². The van der Waals surface area contributed by atoms with Gasteiger partial charge in [-0.25, -0.2) is 0 Å². The lowest BCUT2D eigenvalue weighted by Gasteiger charge is -2.29. The fraction of sp³-hybridized carbons (Fsp3) is 0.556. The van der Waals surface area contributed by atoms with Gasteiger partial charge in [-0.3, -0.25) is 0 Å². The van der Waals surface area contributed by atoms with Crippen molar-refractivity contribution in [2.45, 2.75) is 6.92 Å². The fourth-order valence-corrected chi connectivity index (χ4v) is 2.33. The Morgan fingerprint density at radius 1 is 1.42 bits per heavy atom. The first-order chi connectivity index (χ1) is 5.88. The van der Waals surface area contributed by atoms with Crippen LogP contribution in [0.1, 0.15) is 4.88 Å². The van der Waals surface area contributed by atoms with Crippen LogP contribution in [0.5, 0.6) is 0 Å². The van der Waals surface area contributed by atoms with Crippen molar-refractivity contribution in [2.75, 3.05) is 31.1 Å². The van der Waals surface area contributed by atoms with Crippen LogP contribution >= 0.6 is 11.3 Å². The van der Waals surface area contributed by atoms with Crippen molar-refractivity contribution in [1.82, 2.24) is 5.32 Å². The zero-order valence-electron chi connectivity index (χ0n) is 7.34. The van der Waals surface area contributed by atoms with Crippen molar-refractivity contribution < 1.29 is 0 Å². The third kappa shape index (κ3) is 1.47. The van der Waals surface area contributed by atoms with E-state index < -0.39 is 0 Å². The quantitative estimate of drug-likeness (QED) is 0.707. The molecule has 0 atom stereocenters. The summed E-state index contributed by atoms with van der Waals surface area (Å²) in [4.78, 5) is 3.90. The summed E-state index contributed by atoms with van der Waals surface area (Å²) in [6, 6.07) is 2.23. The van der Waals surface area contributed by atoms with E-state index in [1.807, 2.05) is 11.3 Å². The lowest BCUT2D eigenvalue weighted by molar-refractivity contribution is 0.589. The van der Waals surface area contributed by atoms with E-state index in [0.29, 0.717) is 0 Å². The molecule has 12 heavy (non-hydrogen) atoms. The molecule has 0 unspecified atom stereocenters. The zero-order valence-corrected chi connectivity index (χ0v) is 8.16. The third-order valence-electron chi connectivity index (χ3n) is 2.29. The minimum atomic E-state index is 1.12. The van der Waals surface area contributed by atoms with E-state index >= 15 is 0 Å². The summed E-state index contributed by atoms with van der Waals surface area (Å²) < 4.78 is 0. The molecule has 0 aromatic carbocycles. The van der Waals surface area contributed by atoms with Crippen molar-refractivity contribution in [3.05, 3.63) is 16.3 Å². The van der Waals surface area contributed by atoms with E-state index in [9.17, 15) is 0 Å². The van der Waals surface area contributed by atoms with Gasteiger partial charge in [-0.15, -0.1) is 11.3 Å². The number of aryl methyl sites for hydroxylation is 1. The van der Waals surface area contributed by atoms with Crippen LogP contribution in [0.3, 0.4) is 0 Å². The van der Waals surface area contributed by atoms with Gasteiger partial charge in [-0.2, -0.15) is 0 Å². The molecule has 1 aromatic heterocycles. The molecule has 2 rings (SSSR count). The minimum Gasteiger partial charge on any atom is -0.368 e. The van der Waals surface area contributed by atoms with E-state index in [-0.39, 0.29) is 0 Å². The average molecular weight is 182 g/mol. The second-order valence-corrected chi connectivity index (χ2v) is 4.22. The van der Waals surface area contributed by atoms with Gasteiger partial charge in [-0.1, -0.05) is 0 Å². The van der Waals surface area contributed by atoms with Crippen LogP contribution in [0.4, 0.5) is 5.69 Å². The Balaban J connectivity index is 2.13. The molecule has 3 heteroatoms. The molecule has 1 saturated heterocycles. The van der Waals surface area contributed by atoms with E-state index in [1.54, 1.807) is 0 Å². The number of thiophene rings is 1. The molecular weight excluding hydrogens is 168 g/mol. The Morgan fingerprint density at radius 3 is 2.75 bits per heavy atom. The zero-order chi connectivity index (χ0) is 8.39. The molecule has 2 heterocycles. The Labute approximate surface area is 77.2 Å². The van der Waals surface area contributed by atoms with E-state index in [2.05, 4.69) is 28.6 Å². The summed E-state index contributed by atoms with van der Waals surface area (Å²) in [6.45, 7) is 6.74. The first kappa shape index (κ1) is 8.08. The lowest BCUT2D eigenvalue weighted by atomic mass is 10.3. The summed E-state index contributed by atoms with van der Waals surface area (Å²) in [7, 11) is 0. The van der Waals surface area contributed by atoms with Crippen molar-refractivity contribution in [2.24, 2.45) is 0 Å². The number of piperazine rings is 1.